The minimum Gasteiger partial charge on any atom is -0.489 e. The first-order valence-electron chi connectivity index (χ1n) is 11.4. The Labute approximate surface area is 200 Å². The van der Waals surface area contributed by atoms with Crippen molar-refractivity contribution in [1.82, 2.24) is 9.71 Å². The van der Waals surface area contributed by atoms with E-state index in [0.717, 1.165) is 35.0 Å². The van der Waals surface area contributed by atoms with Gasteiger partial charge in [-0.05, 0) is 63.1 Å². The van der Waals surface area contributed by atoms with Crippen molar-refractivity contribution in [3.8, 4) is 5.75 Å². The Balaban J connectivity index is 1.48. The van der Waals surface area contributed by atoms with Crippen LogP contribution in [0.5, 0.6) is 5.75 Å². The summed E-state index contributed by atoms with van der Waals surface area (Å²) in [5.41, 5.74) is 1.95. The van der Waals surface area contributed by atoms with Gasteiger partial charge in [0.25, 0.3) is 0 Å². The Bertz CT molecular complexity index is 1290. The topological polar surface area (TPSA) is 94.6 Å². The molecule has 7 nitrogen and oxygen atoms in total. The summed E-state index contributed by atoms with van der Waals surface area (Å²) in [6.45, 7) is 4.07. The number of aryl methyl sites for hydroxylation is 1. The number of nitrogens with one attached hydrogen (secondary N) is 1. The summed E-state index contributed by atoms with van der Waals surface area (Å²) < 4.78 is 39.9. The molecule has 4 rings (SSSR count). The van der Waals surface area contributed by atoms with E-state index in [1.807, 2.05) is 37.3 Å². The molecule has 34 heavy (non-hydrogen) atoms. The normalized spacial score (nSPS) is 20.7. The average molecular weight is 483 g/mol. The third-order valence-corrected chi connectivity index (χ3v) is 8.15. The molecular weight excluding hydrogens is 452 g/mol. The van der Waals surface area contributed by atoms with Crippen molar-refractivity contribution in [1.29, 1.82) is 0 Å². The van der Waals surface area contributed by atoms with Crippen LogP contribution in [-0.2, 0) is 26.2 Å². The molecule has 2 atom stereocenters. The lowest BCUT2D eigenvalue weighted by atomic mass is 9.74. The van der Waals surface area contributed by atoms with Gasteiger partial charge in [-0.15, -0.1) is 0 Å². The number of ether oxygens (including phenoxy) is 2. The van der Waals surface area contributed by atoms with Crippen LogP contribution in [0, 0.1) is 12.8 Å². The number of carbonyl (C=O) groups is 1. The lowest BCUT2D eigenvalue weighted by Crippen LogP contribution is -2.55. The second-order valence-corrected chi connectivity index (χ2v) is 10.7. The molecule has 1 fully saturated rings. The van der Waals surface area contributed by atoms with Gasteiger partial charge in [-0.2, -0.15) is 0 Å². The summed E-state index contributed by atoms with van der Waals surface area (Å²) in [6, 6.07) is 16.2. The number of fused-ring (bicyclic) bond motifs is 1. The van der Waals surface area contributed by atoms with Gasteiger partial charge in [0.15, 0.2) is 0 Å². The van der Waals surface area contributed by atoms with Gasteiger partial charge in [0.2, 0.25) is 10.0 Å². The largest absolute Gasteiger partial charge is 0.489 e. The smallest absolute Gasteiger partial charge is 0.310 e. The van der Waals surface area contributed by atoms with Gasteiger partial charge in [-0.1, -0.05) is 31.0 Å². The number of carbonyl (C=O) groups excluding carboxylic acids is 1. The Kier molecular flexibility index (Phi) is 6.91. The van der Waals surface area contributed by atoms with Gasteiger partial charge >= 0.3 is 5.97 Å². The molecule has 2 aromatic carbocycles. The first-order valence-corrected chi connectivity index (χ1v) is 12.9. The minimum atomic E-state index is -3.83. The molecule has 0 saturated heterocycles. The van der Waals surface area contributed by atoms with Crippen LogP contribution in [0.2, 0.25) is 0 Å². The number of hydrogen-bond acceptors (Lipinski definition) is 6. The molecule has 1 aromatic heterocycles. The summed E-state index contributed by atoms with van der Waals surface area (Å²) in [7, 11) is -2.50. The standard InChI is InChI=1S/C26H30N2O5S/c1-18-16-19(22-8-4-5-10-24(22)27-18)17-33-20-11-13-21(14-12-20)34(30,31)28-26(2)15-7-6-9-23(26)25(29)32-3/h4-5,8,10-14,16,23,28H,6-7,9,15,17H2,1-3H3/t23-,26-/m1/s1. The number of sulfonamides is 1. The highest BCUT2D eigenvalue weighted by Gasteiger charge is 2.44. The minimum absolute atomic E-state index is 0.125. The van der Waals surface area contributed by atoms with Crippen molar-refractivity contribution in [3.63, 3.8) is 0 Å². The predicted octanol–water partition coefficient (Wildman–Crippen LogP) is 4.52. The number of methoxy groups -OCH3 is 1. The van der Waals surface area contributed by atoms with E-state index in [1.54, 1.807) is 19.1 Å². The van der Waals surface area contributed by atoms with E-state index in [2.05, 4.69) is 9.71 Å². The van der Waals surface area contributed by atoms with Crippen LogP contribution in [0.4, 0.5) is 0 Å². The van der Waals surface area contributed by atoms with E-state index in [4.69, 9.17) is 9.47 Å². The number of aromatic nitrogens is 1. The number of rotatable bonds is 7. The predicted molar refractivity (Wildman–Crippen MR) is 130 cm³/mol. The number of nitrogens with zero attached hydrogens (tertiary/aromatic N) is 1. The summed E-state index contributed by atoms with van der Waals surface area (Å²) in [6.07, 6.45) is 2.89. The molecule has 0 unspecified atom stereocenters. The van der Waals surface area contributed by atoms with Crippen molar-refractivity contribution in [2.75, 3.05) is 7.11 Å². The Morgan fingerprint density at radius 3 is 2.62 bits per heavy atom. The lowest BCUT2D eigenvalue weighted by molar-refractivity contribution is -0.149. The molecule has 3 aromatic rings. The molecule has 1 heterocycles. The van der Waals surface area contributed by atoms with E-state index in [9.17, 15) is 13.2 Å². The Morgan fingerprint density at radius 2 is 1.88 bits per heavy atom. The fraction of sp³-hybridized carbons (Fsp3) is 0.385. The van der Waals surface area contributed by atoms with E-state index in [-0.39, 0.29) is 10.9 Å². The maximum absolute atomic E-state index is 13.1. The van der Waals surface area contributed by atoms with Crippen molar-refractivity contribution >= 4 is 26.9 Å². The number of benzene rings is 2. The first kappa shape index (κ1) is 24.2. The molecular formula is C26H30N2O5S. The van der Waals surface area contributed by atoms with Crippen molar-refractivity contribution in [2.45, 2.75) is 56.6 Å². The van der Waals surface area contributed by atoms with E-state index < -0.39 is 21.5 Å². The zero-order valence-electron chi connectivity index (χ0n) is 19.7. The van der Waals surface area contributed by atoms with Gasteiger partial charge in [-0.3, -0.25) is 9.78 Å². The van der Waals surface area contributed by atoms with Crippen molar-refractivity contribution in [3.05, 3.63) is 65.9 Å². The second kappa shape index (κ2) is 9.72. The second-order valence-electron chi connectivity index (χ2n) is 9.04. The van der Waals surface area contributed by atoms with Crippen LogP contribution < -0.4 is 9.46 Å². The molecule has 1 aliphatic carbocycles. The van der Waals surface area contributed by atoms with E-state index >= 15 is 0 Å². The maximum atomic E-state index is 13.1. The van der Waals surface area contributed by atoms with E-state index in [1.165, 1.54) is 19.2 Å². The molecule has 0 radical (unpaired) electrons. The van der Waals surface area contributed by atoms with Crippen molar-refractivity contribution < 1.29 is 22.7 Å². The molecule has 1 N–H and O–H groups in total. The monoisotopic (exact) mass is 482 g/mol. The van der Waals surface area contributed by atoms with Gasteiger partial charge in [-0.25, -0.2) is 13.1 Å². The fourth-order valence-electron chi connectivity index (χ4n) is 4.73. The van der Waals surface area contributed by atoms with Gasteiger partial charge in [0, 0.05) is 22.2 Å². The van der Waals surface area contributed by atoms with Crippen LogP contribution in [0.3, 0.4) is 0 Å². The maximum Gasteiger partial charge on any atom is 0.310 e. The average Bonchev–Trinajstić information content (AvgIpc) is 2.82. The zero-order chi connectivity index (χ0) is 24.3. The third-order valence-electron chi connectivity index (χ3n) is 6.52. The summed E-state index contributed by atoms with van der Waals surface area (Å²) in [5, 5.41) is 1.03. The molecule has 0 aliphatic heterocycles. The molecule has 0 amide bonds. The van der Waals surface area contributed by atoms with Crippen LogP contribution in [-0.4, -0.2) is 32.0 Å². The number of esters is 1. The molecule has 1 saturated carbocycles. The van der Waals surface area contributed by atoms with Crippen LogP contribution in [0.15, 0.2) is 59.5 Å². The van der Waals surface area contributed by atoms with Crippen molar-refractivity contribution in [2.24, 2.45) is 5.92 Å². The Hall–Kier alpha value is -2.97. The summed E-state index contributed by atoms with van der Waals surface area (Å²) in [5.74, 6) is -0.330. The number of pyridine rings is 1. The highest BCUT2D eigenvalue weighted by Crippen LogP contribution is 2.36. The lowest BCUT2D eigenvalue weighted by Gasteiger charge is -2.40. The van der Waals surface area contributed by atoms with Crippen LogP contribution in [0.25, 0.3) is 10.9 Å². The zero-order valence-corrected chi connectivity index (χ0v) is 20.5. The number of hydrogen-bond donors (Lipinski definition) is 1. The number of para-hydroxylation sites is 1. The van der Waals surface area contributed by atoms with Crippen LogP contribution in [0.1, 0.15) is 43.9 Å². The molecule has 0 bridgehead atoms. The third kappa shape index (κ3) is 5.08. The molecule has 0 spiro atoms. The van der Waals surface area contributed by atoms with E-state index in [0.29, 0.717) is 25.2 Å². The summed E-state index contributed by atoms with van der Waals surface area (Å²) >= 11 is 0. The quantitative estimate of drug-likeness (QED) is 0.498. The Morgan fingerprint density at radius 1 is 1.15 bits per heavy atom. The molecule has 8 heteroatoms. The molecule has 1 aliphatic rings. The summed E-state index contributed by atoms with van der Waals surface area (Å²) in [4.78, 5) is 16.9. The molecule has 180 valence electrons. The fourth-order valence-corrected chi connectivity index (χ4v) is 6.20. The van der Waals surface area contributed by atoms with Gasteiger partial charge in [0.05, 0.1) is 23.4 Å². The van der Waals surface area contributed by atoms with Gasteiger partial charge in [0.1, 0.15) is 12.4 Å². The highest BCUT2D eigenvalue weighted by molar-refractivity contribution is 7.89. The first-order chi connectivity index (χ1) is 16.2. The SMILES string of the molecule is COC(=O)[C@H]1CCCC[C@@]1(C)NS(=O)(=O)c1ccc(OCc2cc(C)nc3ccccc23)cc1. The van der Waals surface area contributed by atoms with Gasteiger partial charge < -0.3 is 9.47 Å². The highest BCUT2D eigenvalue weighted by atomic mass is 32.2. The van der Waals surface area contributed by atoms with Crippen LogP contribution >= 0.6 is 0 Å².